The maximum absolute atomic E-state index is 10.9. The van der Waals surface area contributed by atoms with Gasteiger partial charge in [0.15, 0.2) is 0 Å². The molecule has 0 saturated heterocycles. The van der Waals surface area contributed by atoms with E-state index >= 15 is 0 Å². The highest BCUT2D eigenvalue weighted by molar-refractivity contribution is 5.61. The van der Waals surface area contributed by atoms with Crippen LogP contribution < -0.4 is 10.5 Å². The molecule has 1 atom stereocenters. The number of nitrogens with zero attached hydrogens (tertiary/aromatic N) is 2. The van der Waals surface area contributed by atoms with Gasteiger partial charge in [0.2, 0.25) is 0 Å². The van der Waals surface area contributed by atoms with Gasteiger partial charge < -0.3 is 20.1 Å². The van der Waals surface area contributed by atoms with E-state index in [9.17, 15) is 5.11 Å². The van der Waals surface area contributed by atoms with Crippen LogP contribution in [-0.4, -0.2) is 26.8 Å². The van der Waals surface area contributed by atoms with E-state index in [0.717, 1.165) is 54.7 Å². The maximum atomic E-state index is 10.9. The lowest BCUT2D eigenvalue weighted by molar-refractivity contribution is 0.103. The van der Waals surface area contributed by atoms with E-state index in [1.54, 1.807) is 6.20 Å². The molecule has 26 heavy (non-hydrogen) atoms. The van der Waals surface area contributed by atoms with E-state index < -0.39 is 0 Å². The Kier molecular flexibility index (Phi) is 5.28. The van der Waals surface area contributed by atoms with Crippen LogP contribution in [0.5, 0.6) is 11.5 Å². The van der Waals surface area contributed by atoms with Crippen LogP contribution in [0, 0.1) is 6.92 Å². The molecular weight excluding hydrogens is 326 g/mol. The Labute approximate surface area is 156 Å². The molecule has 0 spiro atoms. The number of aromatic nitrogens is 2. The maximum Gasteiger partial charge on any atom is 0.127 e. The number of hydrogen-bond donors (Lipinski definition) is 2. The normalized spacial score (nSPS) is 19.0. The minimum Gasteiger partial charge on any atom is -0.507 e. The lowest BCUT2D eigenvalue weighted by Crippen LogP contribution is -2.31. The predicted octanol–water partition coefficient (Wildman–Crippen LogP) is 3.70. The zero-order chi connectivity index (χ0) is 18.9. The summed E-state index contributed by atoms with van der Waals surface area (Å²) in [4.78, 5) is 4.11. The number of fused-ring (bicyclic) bond motifs is 1. The number of phenolic OH excluding ortho intramolecular Hbond substituents is 1. The average molecular weight is 357 g/mol. The molecule has 2 aromatic rings. The molecule has 2 heterocycles. The molecule has 3 N–H and O–H groups in total. The van der Waals surface area contributed by atoms with Crippen molar-refractivity contribution in [2.45, 2.75) is 71.4 Å². The van der Waals surface area contributed by atoms with Crippen LogP contribution in [0.2, 0.25) is 0 Å². The van der Waals surface area contributed by atoms with Gasteiger partial charge in [0.25, 0.3) is 0 Å². The molecular formula is C21H31N3O2. The van der Waals surface area contributed by atoms with E-state index in [1.807, 2.05) is 19.4 Å². The van der Waals surface area contributed by atoms with E-state index in [2.05, 4.69) is 30.3 Å². The molecule has 1 aromatic carbocycles. The van der Waals surface area contributed by atoms with Crippen molar-refractivity contribution in [3.05, 3.63) is 41.0 Å². The molecule has 1 aliphatic rings. The van der Waals surface area contributed by atoms with E-state index in [1.165, 1.54) is 5.56 Å². The number of benzene rings is 1. The Morgan fingerprint density at radius 1 is 1.42 bits per heavy atom. The highest BCUT2D eigenvalue weighted by Gasteiger charge is 2.39. The number of aryl methyl sites for hydroxylation is 1. The smallest absolute Gasteiger partial charge is 0.127 e. The third kappa shape index (κ3) is 3.45. The minimum atomic E-state index is -0.241. The molecule has 3 rings (SSSR count). The lowest BCUT2D eigenvalue weighted by atomic mass is 9.85. The molecule has 0 amide bonds. The highest BCUT2D eigenvalue weighted by atomic mass is 16.5. The second-order valence-electron chi connectivity index (χ2n) is 8.00. The fraction of sp³-hybridized carbons (Fsp3) is 0.571. The van der Waals surface area contributed by atoms with Gasteiger partial charge in [-0.2, -0.15) is 0 Å². The monoisotopic (exact) mass is 357 g/mol. The second-order valence-corrected chi connectivity index (χ2v) is 8.00. The Morgan fingerprint density at radius 2 is 2.19 bits per heavy atom. The number of aromatic hydroxyl groups is 1. The molecule has 1 aliphatic heterocycles. The molecule has 5 nitrogen and oxygen atoms in total. The first-order chi connectivity index (χ1) is 12.4. The summed E-state index contributed by atoms with van der Waals surface area (Å²) < 4.78 is 8.59. The molecule has 0 radical (unpaired) electrons. The summed E-state index contributed by atoms with van der Waals surface area (Å²) in [5, 5.41) is 10.9. The van der Waals surface area contributed by atoms with E-state index in [4.69, 9.17) is 10.5 Å². The standard InChI is InChI=1S/C21H31N3O2/c1-14(2)18-17-12-21(4,7-5-8-22)26-20(17)16(15(3)19(18)25)6-10-24-11-9-23-13-24/h9,11,13-14,25H,5-8,10,12,22H2,1-4H3. The highest BCUT2D eigenvalue weighted by Crippen LogP contribution is 2.49. The zero-order valence-corrected chi connectivity index (χ0v) is 16.4. The summed E-state index contributed by atoms with van der Waals surface area (Å²) in [6.07, 6.45) is 9.09. The Balaban J connectivity index is 2.01. The van der Waals surface area contributed by atoms with Gasteiger partial charge in [0.05, 0.1) is 6.33 Å². The molecule has 0 bridgehead atoms. The van der Waals surface area contributed by atoms with E-state index in [-0.39, 0.29) is 11.5 Å². The first kappa shape index (κ1) is 18.8. The molecule has 0 saturated carbocycles. The van der Waals surface area contributed by atoms with Gasteiger partial charge in [-0.3, -0.25) is 0 Å². The van der Waals surface area contributed by atoms with Crippen molar-refractivity contribution in [2.24, 2.45) is 5.73 Å². The number of imidazole rings is 1. The molecule has 0 fully saturated rings. The number of nitrogens with two attached hydrogens (primary N) is 1. The first-order valence-corrected chi connectivity index (χ1v) is 9.58. The molecule has 1 unspecified atom stereocenters. The quantitative estimate of drug-likeness (QED) is 0.792. The summed E-state index contributed by atoms with van der Waals surface area (Å²) >= 11 is 0. The van der Waals surface area contributed by atoms with Gasteiger partial charge in [-0.25, -0.2) is 4.98 Å². The predicted molar refractivity (Wildman–Crippen MR) is 104 cm³/mol. The second kappa shape index (κ2) is 7.31. The Bertz CT molecular complexity index is 768. The summed E-state index contributed by atoms with van der Waals surface area (Å²) in [5.74, 6) is 1.68. The van der Waals surface area contributed by atoms with Gasteiger partial charge in [0.1, 0.15) is 17.1 Å². The van der Waals surface area contributed by atoms with Crippen molar-refractivity contribution in [3.63, 3.8) is 0 Å². The van der Waals surface area contributed by atoms with Crippen LogP contribution in [-0.2, 0) is 19.4 Å². The van der Waals surface area contributed by atoms with Crippen LogP contribution >= 0.6 is 0 Å². The summed E-state index contributed by atoms with van der Waals surface area (Å²) in [6, 6.07) is 0. The lowest BCUT2D eigenvalue weighted by Gasteiger charge is -2.24. The number of phenols is 1. The van der Waals surface area contributed by atoms with Crippen molar-refractivity contribution < 1.29 is 9.84 Å². The first-order valence-electron chi connectivity index (χ1n) is 9.58. The summed E-state index contributed by atoms with van der Waals surface area (Å²) in [6.45, 7) is 9.92. The van der Waals surface area contributed by atoms with E-state index in [0.29, 0.717) is 12.3 Å². The average Bonchev–Trinajstić information content (AvgIpc) is 3.21. The third-order valence-corrected chi connectivity index (χ3v) is 5.50. The minimum absolute atomic E-state index is 0.241. The van der Waals surface area contributed by atoms with Crippen molar-refractivity contribution in [3.8, 4) is 11.5 Å². The largest absolute Gasteiger partial charge is 0.507 e. The van der Waals surface area contributed by atoms with Crippen LogP contribution in [0.4, 0.5) is 0 Å². The number of ether oxygens (including phenoxy) is 1. The van der Waals surface area contributed by atoms with Crippen LogP contribution in [0.25, 0.3) is 0 Å². The fourth-order valence-corrected chi connectivity index (χ4v) is 4.12. The van der Waals surface area contributed by atoms with Crippen LogP contribution in [0.1, 0.15) is 61.8 Å². The summed E-state index contributed by atoms with van der Waals surface area (Å²) in [5.41, 5.74) is 9.77. The van der Waals surface area contributed by atoms with Gasteiger partial charge in [-0.15, -0.1) is 0 Å². The zero-order valence-electron chi connectivity index (χ0n) is 16.4. The SMILES string of the molecule is Cc1c(O)c(C(C)C)c2c(c1CCn1ccnc1)OC(C)(CCCN)C2. The fourth-order valence-electron chi connectivity index (χ4n) is 4.12. The van der Waals surface area contributed by atoms with Crippen molar-refractivity contribution >= 4 is 0 Å². The van der Waals surface area contributed by atoms with Gasteiger partial charge in [-0.05, 0) is 51.1 Å². The van der Waals surface area contributed by atoms with Crippen LogP contribution in [0.15, 0.2) is 18.7 Å². The Hall–Kier alpha value is -2.01. The van der Waals surface area contributed by atoms with Crippen molar-refractivity contribution in [1.29, 1.82) is 0 Å². The van der Waals surface area contributed by atoms with Gasteiger partial charge in [-0.1, -0.05) is 13.8 Å². The van der Waals surface area contributed by atoms with Gasteiger partial charge >= 0.3 is 0 Å². The molecule has 1 aromatic heterocycles. The Morgan fingerprint density at radius 3 is 2.81 bits per heavy atom. The van der Waals surface area contributed by atoms with Crippen LogP contribution in [0.3, 0.4) is 0 Å². The number of rotatable bonds is 7. The van der Waals surface area contributed by atoms with Crippen molar-refractivity contribution in [2.75, 3.05) is 6.54 Å². The van der Waals surface area contributed by atoms with Gasteiger partial charge in [0, 0.05) is 42.0 Å². The molecule has 0 aliphatic carbocycles. The molecule has 5 heteroatoms. The molecule has 142 valence electrons. The number of hydrogen-bond acceptors (Lipinski definition) is 4. The summed E-state index contributed by atoms with van der Waals surface area (Å²) in [7, 11) is 0. The van der Waals surface area contributed by atoms with Crippen molar-refractivity contribution in [1.82, 2.24) is 9.55 Å². The third-order valence-electron chi connectivity index (χ3n) is 5.50. The topological polar surface area (TPSA) is 73.3 Å².